The van der Waals surface area contributed by atoms with E-state index in [0.29, 0.717) is 5.75 Å². The second kappa shape index (κ2) is 8.53. The van der Waals surface area contributed by atoms with Gasteiger partial charge in [0, 0.05) is 12.5 Å². The van der Waals surface area contributed by atoms with Gasteiger partial charge in [-0.2, -0.15) is 0 Å². The van der Waals surface area contributed by atoms with Crippen molar-refractivity contribution in [2.45, 2.75) is 32.8 Å². The number of ether oxygens (including phenoxy) is 1. The van der Waals surface area contributed by atoms with Gasteiger partial charge >= 0.3 is 0 Å². The third-order valence-corrected chi connectivity index (χ3v) is 2.94. The first-order valence-electron chi connectivity index (χ1n) is 6.87. The largest absolute Gasteiger partial charge is 0.491 e. The van der Waals surface area contributed by atoms with Crippen LogP contribution in [0.1, 0.15) is 26.7 Å². The van der Waals surface area contributed by atoms with E-state index < -0.39 is 6.10 Å². The van der Waals surface area contributed by atoms with Crippen molar-refractivity contribution in [2.24, 2.45) is 5.92 Å². The minimum absolute atomic E-state index is 0.0497. The maximum Gasteiger partial charge on any atom is 0.222 e. The van der Waals surface area contributed by atoms with Gasteiger partial charge in [-0.25, -0.2) is 4.39 Å². The molecule has 0 radical (unpaired) electrons. The van der Waals surface area contributed by atoms with Crippen LogP contribution in [0.4, 0.5) is 4.39 Å². The van der Waals surface area contributed by atoms with E-state index in [2.05, 4.69) is 5.32 Å². The Kier molecular flexibility index (Phi) is 7.01. The normalized spacial score (nSPS) is 13.6. The summed E-state index contributed by atoms with van der Waals surface area (Å²) in [5, 5.41) is 12.4. The number of hydrogen-bond acceptors (Lipinski definition) is 3. The minimum Gasteiger partial charge on any atom is -0.491 e. The van der Waals surface area contributed by atoms with E-state index in [1.54, 1.807) is 0 Å². The topological polar surface area (TPSA) is 58.6 Å². The smallest absolute Gasteiger partial charge is 0.222 e. The third-order valence-electron chi connectivity index (χ3n) is 2.94. The number of carbonyl (C=O) groups excluding carboxylic acids is 1. The first-order valence-corrected chi connectivity index (χ1v) is 6.87. The second-order valence-electron chi connectivity index (χ2n) is 4.85. The molecule has 0 aromatic heterocycles. The van der Waals surface area contributed by atoms with E-state index >= 15 is 0 Å². The average molecular weight is 283 g/mol. The molecule has 0 aliphatic rings. The molecule has 2 N–H and O–H groups in total. The van der Waals surface area contributed by atoms with E-state index in [-0.39, 0.29) is 30.8 Å². The molecular weight excluding hydrogens is 261 g/mol. The van der Waals surface area contributed by atoms with E-state index in [1.165, 1.54) is 24.3 Å². The van der Waals surface area contributed by atoms with Gasteiger partial charge in [0.1, 0.15) is 24.3 Å². The maximum absolute atomic E-state index is 12.7. The van der Waals surface area contributed by atoms with Crippen LogP contribution in [0, 0.1) is 11.7 Å². The molecule has 5 heteroatoms. The van der Waals surface area contributed by atoms with E-state index in [4.69, 9.17) is 4.74 Å². The number of benzene rings is 1. The Labute approximate surface area is 119 Å². The summed E-state index contributed by atoms with van der Waals surface area (Å²) >= 11 is 0. The number of nitrogens with one attached hydrogen (secondary N) is 1. The highest BCUT2D eigenvalue weighted by Crippen LogP contribution is 2.11. The zero-order chi connectivity index (χ0) is 15.0. The van der Waals surface area contributed by atoms with Crippen LogP contribution in [0.15, 0.2) is 24.3 Å². The molecule has 0 aliphatic carbocycles. The summed E-state index contributed by atoms with van der Waals surface area (Å²) in [7, 11) is 0. The lowest BCUT2D eigenvalue weighted by Crippen LogP contribution is -2.37. The highest BCUT2D eigenvalue weighted by molar-refractivity contribution is 5.78. The molecule has 2 unspecified atom stereocenters. The predicted molar refractivity (Wildman–Crippen MR) is 75.0 cm³/mol. The van der Waals surface area contributed by atoms with Crippen LogP contribution in [0.5, 0.6) is 5.75 Å². The van der Waals surface area contributed by atoms with Crippen LogP contribution >= 0.6 is 0 Å². The Bertz CT molecular complexity index is 408. The highest BCUT2D eigenvalue weighted by atomic mass is 19.1. The summed E-state index contributed by atoms with van der Waals surface area (Å²) in [6, 6.07) is 5.56. The maximum atomic E-state index is 12.7. The quantitative estimate of drug-likeness (QED) is 0.768. The molecule has 0 spiro atoms. The molecule has 112 valence electrons. The average Bonchev–Trinajstić information content (AvgIpc) is 2.44. The summed E-state index contributed by atoms with van der Waals surface area (Å²) in [6.45, 7) is 4.08. The Hall–Kier alpha value is -1.62. The van der Waals surface area contributed by atoms with Crippen LogP contribution in [-0.2, 0) is 4.79 Å². The van der Waals surface area contributed by atoms with Gasteiger partial charge in [-0.15, -0.1) is 0 Å². The fraction of sp³-hybridized carbons (Fsp3) is 0.533. The molecule has 0 aliphatic heterocycles. The van der Waals surface area contributed by atoms with Crippen LogP contribution < -0.4 is 10.1 Å². The molecule has 0 bridgehead atoms. The molecule has 1 aromatic rings. The lowest BCUT2D eigenvalue weighted by molar-refractivity contribution is -0.125. The Morgan fingerprint density at radius 2 is 2.05 bits per heavy atom. The van der Waals surface area contributed by atoms with Gasteiger partial charge < -0.3 is 15.2 Å². The van der Waals surface area contributed by atoms with Gasteiger partial charge in [-0.1, -0.05) is 20.3 Å². The monoisotopic (exact) mass is 283 g/mol. The number of rotatable bonds is 8. The van der Waals surface area contributed by atoms with E-state index in [1.807, 2.05) is 13.8 Å². The van der Waals surface area contributed by atoms with Crippen molar-refractivity contribution in [3.8, 4) is 5.75 Å². The van der Waals surface area contributed by atoms with Gasteiger partial charge in [-0.3, -0.25) is 4.79 Å². The van der Waals surface area contributed by atoms with Gasteiger partial charge in [0.05, 0.1) is 0 Å². The first kappa shape index (κ1) is 16.4. The molecular formula is C15H22FNO3. The molecule has 1 aromatic carbocycles. The number of carbonyl (C=O) groups is 1. The fourth-order valence-corrected chi connectivity index (χ4v) is 1.74. The summed E-state index contributed by atoms with van der Waals surface area (Å²) in [4.78, 5) is 11.6. The number of hydrogen-bond donors (Lipinski definition) is 2. The number of aliphatic hydroxyl groups excluding tert-OH is 1. The van der Waals surface area contributed by atoms with Crippen molar-refractivity contribution in [1.82, 2.24) is 5.32 Å². The van der Waals surface area contributed by atoms with Gasteiger partial charge in [0.15, 0.2) is 0 Å². The summed E-state index contributed by atoms with van der Waals surface area (Å²) in [5.74, 6) is 0.0316. The molecule has 0 saturated heterocycles. The van der Waals surface area contributed by atoms with Crippen LogP contribution in [0.2, 0.25) is 0 Å². The second-order valence-corrected chi connectivity index (χ2v) is 4.85. The molecule has 0 heterocycles. The predicted octanol–water partition coefficient (Wildman–Crippen LogP) is 2.12. The van der Waals surface area contributed by atoms with Crippen LogP contribution in [-0.4, -0.2) is 30.3 Å². The van der Waals surface area contributed by atoms with Gasteiger partial charge in [0.2, 0.25) is 5.91 Å². The SMILES string of the molecule is CCCC(C)C(=O)NCC(O)COc1ccc(F)cc1. The van der Waals surface area contributed by atoms with Crippen molar-refractivity contribution < 1.29 is 19.0 Å². The minimum atomic E-state index is -0.794. The number of aliphatic hydroxyl groups is 1. The summed E-state index contributed by atoms with van der Waals surface area (Å²) in [5.41, 5.74) is 0. The highest BCUT2D eigenvalue weighted by Gasteiger charge is 2.13. The van der Waals surface area contributed by atoms with Gasteiger partial charge in [-0.05, 0) is 30.7 Å². The summed E-state index contributed by atoms with van der Waals surface area (Å²) in [6.07, 6.45) is 0.983. The molecule has 2 atom stereocenters. The van der Waals surface area contributed by atoms with Crippen molar-refractivity contribution in [3.05, 3.63) is 30.1 Å². The molecule has 0 saturated carbocycles. The lowest BCUT2D eigenvalue weighted by Gasteiger charge is -2.15. The molecule has 4 nitrogen and oxygen atoms in total. The van der Waals surface area contributed by atoms with Crippen LogP contribution in [0.3, 0.4) is 0 Å². The van der Waals surface area contributed by atoms with Crippen molar-refractivity contribution >= 4 is 5.91 Å². The zero-order valence-corrected chi connectivity index (χ0v) is 11.9. The molecule has 20 heavy (non-hydrogen) atoms. The molecule has 0 fully saturated rings. The molecule has 1 amide bonds. The Morgan fingerprint density at radius 3 is 2.65 bits per heavy atom. The number of amides is 1. The van der Waals surface area contributed by atoms with E-state index in [0.717, 1.165) is 12.8 Å². The standard InChI is InChI=1S/C15H22FNO3/c1-3-4-11(2)15(19)17-9-13(18)10-20-14-7-5-12(16)6-8-14/h5-8,11,13,18H,3-4,9-10H2,1-2H3,(H,17,19). The third kappa shape index (κ3) is 6.02. The Morgan fingerprint density at radius 1 is 1.40 bits per heavy atom. The fourth-order valence-electron chi connectivity index (χ4n) is 1.74. The van der Waals surface area contributed by atoms with E-state index in [9.17, 15) is 14.3 Å². The lowest BCUT2D eigenvalue weighted by atomic mass is 10.1. The van der Waals surface area contributed by atoms with Crippen molar-refractivity contribution in [3.63, 3.8) is 0 Å². The number of halogens is 1. The first-order chi connectivity index (χ1) is 9.52. The Balaban J connectivity index is 2.25. The molecule has 1 rings (SSSR count). The van der Waals surface area contributed by atoms with Crippen molar-refractivity contribution in [2.75, 3.05) is 13.2 Å². The van der Waals surface area contributed by atoms with Crippen LogP contribution in [0.25, 0.3) is 0 Å². The zero-order valence-electron chi connectivity index (χ0n) is 11.9. The van der Waals surface area contributed by atoms with Gasteiger partial charge in [0.25, 0.3) is 0 Å². The van der Waals surface area contributed by atoms with Crippen molar-refractivity contribution in [1.29, 1.82) is 0 Å². The summed E-state index contributed by atoms with van der Waals surface area (Å²) < 4.78 is 18.0.